The number of rotatable bonds is 18. The van der Waals surface area contributed by atoms with Crippen molar-refractivity contribution in [1.82, 2.24) is 9.55 Å². The van der Waals surface area contributed by atoms with Crippen molar-refractivity contribution in [1.29, 1.82) is 0 Å². The van der Waals surface area contributed by atoms with Crippen LogP contribution in [0.3, 0.4) is 0 Å². The highest BCUT2D eigenvalue weighted by Gasteiger charge is 2.26. The minimum atomic E-state index is -0.953. The summed E-state index contributed by atoms with van der Waals surface area (Å²) in [6.45, 7) is 4.48. The number of carbonyl (C=O) groups excluding carboxylic acids is 2. The number of nitrogens with zero attached hydrogens (tertiary/aromatic N) is 2. The highest BCUT2D eigenvalue weighted by Crippen LogP contribution is 2.27. The molecule has 7 nitrogen and oxygen atoms in total. The normalized spacial score (nSPS) is 11.8. The number of fused-ring (bicyclic) bond motifs is 1. The summed E-state index contributed by atoms with van der Waals surface area (Å²) in [5, 5.41) is 3.38. The summed E-state index contributed by atoms with van der Waals surface area (Å²) in [6.07, 6.45) is 15.0. The molecule has 3 aromatic carbocycles. The summed E-state index contributed by atoms with van der Waals surface area (Å²) in [7, 11) is 0. The first-order chi connectivity index (χ1) is 22.4. The summed E-state index contributed by atoms with van der Waals surface area (Å²) in [5.74, 6) is -0.580. The summed E-state index contributed by atoms with van der Waals surface area (Å²) >= 11 is 3.51. The maximum absolute atomic E-state index is 13.6. The maximum Gasteiger partial charge on any atom is 0.338 e. The molecule has 244 valence electrons. The van der Waals surface area contributed by atoms with Gasteiger partial charge < -0.3 is 10.1 Å². The van der Waals surface area contributed by atoms with E-state index in [2.05, 4.69) is 28.2 Å². The molecule has 1 atom stereocenters. The Hall–Kier alpha value is -3.78. The van der Waals surface area contributed by atoms with Crippen molar-refractivity contribution in [2.75, 3.05) is 11.9 Å². The molecule has 0 saturated carbocycles. The lowest BCUT2D eigenvalue weighted by molar-refractivity contribution is -0.115. The first-order valence-electron chi connectivity index (χ1n) is 16.7. The smallest absolute Gasteiger partial charge is 0.338 e. The zero-order valence-corrected chi connectivity index (χ0v) is 28.7. The predicted octanol–water partition coefficient (Wildman–Crippen LogP) is 9.63. The second-order valence-corrected chi connectivity index (χ2v) is 12.8. The number of carbonyl (C=O) groups is 2. The Morgan fingerprint density at radius 3 is 2.11 bits per heavy atom. The number of anilines is 1. The van der Waals surface area contributed by atoms with Crippen molar-refractivity contribution in [2.45, 2.75) is 95.7 Å². The maximum atomic E-state index is 13.6. The van der Waals surface area contributed by atoms with Crippen LogP contribution in [0, 0.1) is 6.92 Å². The molecule has 0 fully saturated rings. The van der Waals surface area contributed by atoms with Crippen molar-refractivity contribution < 1.29 is 14.3 Å². The van der Waals surface area contributed by atoms with Gasteiger partial charge in [-0.2, -0.15) is 0 Å². The van der Waals surface area contributed by atoms with Crippen LogP contribution in [-0.2, 0) is 9.53 Å². The Bertz CT molecular complexity index is 1640. The van der Waals surface area contributed by atoms with Crippen LogP contribution in [0.25, 0.3) is 16.6 Å². The first-order valence-corrected chi connectivity index (χ1v) is 17.6. The molecule has 1 aromatic heterocycles. The number of para-hydroxylation sites is 2. The van der Waals surface area contributed by atoms with Crippen LogP contribution in [0.15, 0.2) is 77.6 Å². The van der Waals surface area contributed by atoms with Crippen molar-refractivity contribution in [3.8, 4) is 5.69 Å². The third kappa shape index (κ3) is 9.86. The van der Waals surface area contributed by atoms with E-state index < -0.39 is 16.7 Å². The molecule has 0 aliphatic rings. The number of amides is 1. The molecule has 1 heterocycles. The summed E-state index contributed by atoms with van der Waals surface area (Å²) in [6, 6.07) is 21.3. The number of ether oxygens (including phenoxy) is 1. The van der Waals surface area contributed by atoms with Gasteiger partial charge in [0.15, 0.2) is 4.83 Å². The number of halogens is 1. The lowest BCUT2D eigenvalue weighted by Gasteiger charge is -2.18. The van der Waals surface area contributed by atoms with Gasteiger partial charge in [0.05, 0.1) is 28.8 Å². The van der Waals surface area contributed by atoms with Crippen LogP contribution in [0.1, 0.15) is 111 Å². The Morgan fingerprint density at radius 1 is 0.826 bits per heavy atom. The van der Waals surface area contributed by atoms with Crippen molar-refractivity contribution in [2.24, 2.45) is 0 Å². The largest absolute Gasteiger partial charge is 0.462 e. The summed E-state index contributed by atoms with van der Waals surface area (Å²) < 4.78 is 7.00. The van der Waals surface area contributed by atoms with Gasteiger partial charge in [-0.1, -0.05) is 130 Å². The average molecular weight is 689 g/mol. The van der Waals surface area contributed by atoms with Gasteiger partial charge in [-0.05, 0) is 55.3 Å². The van der Waals surface area contributed by atoms with E-state index in [0.29, 0.717) is 34.4 Å². The fourth-order valence-corrected chi connectivity index (χ4v) is 5.96. The van der Waals surface area contributed by atoms with Gasteiger partial charge in [-0.3, -0.25) is 14.2 Å². The number of aryl methyl sites for hydroxylation is 1. The van der Waals surface area contributed by atoms with Gasteiger partial charge in [-0.25, -0.2) is 9.78 Å². The molecule has 1 unspecified atom stereocenters. The summed E-state index contributed by atoms with van der Waals surface area (Å²) in [4.78, 5) is 43.7. The van der Waals surface area contributed by atoms with Gasteiger partial charge in [0.25, 0.3) is 5.56 Å². The van der Waals surface area contributed by atoms with Gasteiger partial charge >= 0.3 is 5.97 Å². The van der Waals surface area contributed by atoms with Crippen LogP contribution < -0.4 is 10.9 Å². The number of unbranched alkanes of at least 4 members (excludes halogenated alkanes) is 11. The molecule has 1 amide bonds. The van der Waals surface area contributed by atoms with E-state index in [9.17, 15) is 14.4 Å². The fraction of sp³-hybridized carbons (Fsp3) is 0.421. The Balaban J connectivity index is 1.32. The highest BCUT2D eigenvalue weighted by atomic mass is 79.9. The van der Waals surface area contributed by atoms with Gasteiger partial charge in [-0.15, -0.1) is 0 Å². The third-order valence-corrected chi connectivity index (χ3v) is 9.06. The van der Waals surface area contributed by atoms with E-state index in [1.165, 1.54) is 62.4 Å². The minimum Gasteiger partial charge on any atom is -0.462 e. The second kappa shape index (κ2) is 18.4. The number of alkyl halides is 1. The van der Waals surface area contributed by atoms with Crippen LogP contribution in [0.2, 0.25) is 0 Å². The first kappa shape index (κ1) is 35.1. The summed E-state index contributed by atoms with van der Waals surface area (Å²) in [5.41, 5.74) is 2.49. The average Bonchev–Trinajstić information content (AvgIpc) is 3.07. The number of hydrogen-bond acceptors (Lipinski definition) is 5. The number of aromatic nitrogens is 2. The van der Waals surface area contributed by atoms with Crippen molar-refractivity contribution >= 4 is 44.4 Å². The Morgan fingerprint density at radius 2 is 1.43 bits per heavy atom. The number of hydrogen-bond donors (Lipinski definition) is 1. The van der Waals surface area contributed by atoms with Crippen LogP contribution in [-0.4, -0.2) is 28.0 Å². The van der Waals surface area contributed by atoms with E-state index >= 15 is 0 Å². The SMILES string of the molecule is CCCCCCCCCCCCCCOC(=O)c1ccc(C)c(NC(=O)C(Br)c2nc3ccccc3c(=O)n2-c2ccccc2)c1. The van der Waals surface area contributed by atoms with Crippen LogP contribution in [0.5, 0.6) is 0 Å². The molecule has 0 saturated heterocycles. The standard InChI is InChI=1S/C38H46BrN3O4/c1-3-4-5-6-7-8-9-10-11-12-13-19-26-46-38(45)29-25-24-28(2)33(27-29)41-36(43)34(39)35-40-32-23-18-17-22-31(32)37(44)42(35)30-20-15-14-16-21-30/h14-18,20-25,27,34H,3-13,19,26H2,1-2H3,(H,41,43). The molecule has 1 N–H and O–H groups in total. The van der Waals surface area contributed by atoms with E-state index in [-0.39, 0.29) is 11.4 Å². The molecule has 4 rings (SSSR count). The molecule has 46 heavy (non-hydrogen) atoms. The van der Waals surface area contributed by atoms with E-state index in [1.807, 2.05) is 25.1 Å². The zero-order chi connectivity index (χ0) is 32.7. The molecule has 8 heteroatoms. The van der Waals surface area contributed by atoms with Crippen molar-refractivity contribution in [3.63, 3.8) is 0 Å². The lowest BCUT2D eigenvalue weighted by atomic mass is 10.1. The second-order valence-electron chi connectivity index (χ2n) is 11.9. The molecule has 0 radical (unpaired) electrons. The monoisotopic (exact) mass is 687 g/mol. The quantitative estimate of drug-likeness (QED) is 0.0639. The van der Waals surface area contributed by atoms with Crippen LogP contribution >= 0.6 is 15.9 Å². The molecule has 0 spiro atoms. The lowest BCUT2D eigenvalue weighted by Crippen LogP contribution is -2.28. The van der Waals surface area contributed by atoms with Gasteiger partial charge in [0.2, 0.25) is 5.91 Å². The van der Waals surface area contributed by atoms with E-state index in [0.717, 1.165) is 24.8 Å². The molecule has 0 aliphatic carbocycles. The molecule has 4 aromatic rings. The fourth-order valence-electron chi connectivity index (χ4n) is 5.53. The Labute approximate surface area is 280 Å². The topological polar surface area (TPSA) is 90.3 Å². The molecular formula is C38H46BrN3O4. The minimum absolute atomic E-state index is 0.253. The predicted molar refractivity (Wildman–Crippen MR) is 190 cm³/mol. The molecule has 0 aliphatic heterocycles. The molecule has 0 bridgehead atoms. The van der Waals surface area contributed by atoms with Gasteiger partial charge in [0.1, 0.15) is 5.82 Å². The van der Waals surface area contributed by atoms with Crippen LogP contribution in [0.4, 0.5) is 5.69 Å². The van der Waals surface area contributed by atoms with E-state index in [1.54, 1.807) is 54.6 Å². The van der Waals surface area contributed by atoms with Gasteiger partial charge in [0, 0.05) is 5.69 Å². The Kier molecular flexibility index (Phi) is 14.0. The van der Waals surface area contributed by atoms with Crippen molar-refractivity contribution in [3.05, 3.63) is 100 Å². The highest BCUT2D eigenvalue weighted by molar-refractivity contribution is 9.09. The van der Waals surface area contributed by atoms with E-state index in [4.69, 9.17) is 9.72 Å². The third-order valence-electron chi connectivity index (χ3n) is 8.24. The zero-order valence-electron chi connectivity index (χ0n) is 27.1. The number of esters is 1. The number of nitrogens with one attached hydrogen (secondary N) is 1. The number of benzene rings is 3. The molecular weight excluding hydrogens is 642 g/mol.